The molecule has 0 bridgehead atoms. The van der Waals surface area contributed by atoms with Gasteiger partial charge < -0.3 is 9.15 Å². The van der Waals surface area contributed by atoms with E-state index in [4.69, 9.17) is 9.15 Å². The van der Waals surface area contributed by atoms with Crippen LogP contribution >= 0.6 is 15.9 Å². The number of furan rings is 1. The molecule has 1 aromatic heterocycles. The number of halogens is 1. The molecule has 0 aliphatic heterocycles. The quantitative estimate of drug-likeness (QED) is 0.798. The number of carbonyl (C=O) groups excluding carboxylic acids is 1. The molecule has 18 heavy (non-hydrogen) atoms. The standard InChI is InChI=1S/C14H13BrO3/c1-3-17-14(16)10-7-9(2)13(11(15)8-10)12-5-4-6-18-12/h4-8H,3H2,1-2H3. The molecule has 0 unspecified atom stereocenters. The maximum atomic E-state index is 11.7. The lowest BCUT2D eigenvalue weighted by atomic mass is 10.0. The largest absolute Gasteiger partial charge is 0.464 e. The number of esters is 1. The molecule has 4 heteroatoms. The van der Waals surface area contributed by atoms with Crippen LogP contribution in [0.1, 0.15) is 22.8 Å². The van der Waals surface area contributed by atoms with Crippen molar-refractivity contribution in [3.8, 4) is 11.3 Å². The van der Waals surface area contributed by atoms with Crippen LogP contribution in [0.2, 0.25) is 0 Å². The van der Waals surface area contributed by atoms with Gasteiger partial charge in [0.2, 0.25) is 0 Å². The Morgan fingerprint density at radius 3 is 2.78 bits per heavy atom. The van der Waals surface area contributed by atoms with Crippen molar-refractivity contribution in [2.24, 2.45) is 0 Å². The third-order valence-corrected chi connectivity index (χ3v) is 3.19. The van der Waals surface area contributed by atoms with Crippen molar-refractivity contribution in [2.45, 2.75) is 13.8 Å². The number of carbonyl (C=O) groups is 1. The van der Waals surface area contributed by atoms with E-state index in [2.05, 4.69) is 15.9 Å². The Morgan fingerprint density at radius 1 is 1.44 bits per heavy atom. The highest BCUT2D eigenvalue weighted by atomic mass is 79.9. The summed E-state index contributed by atoms with van der Waals surface area (Å²) in [6.45, 7) is 4.10. The van der Waals surface area contributed by atoms with Crippen LogP contribution in [0, 0.1) is 6.92 Å². The van der Waals surface area contributed by atoms with Gasteiger partial charge in [0, 0.05) is 10.0 Å². The van der Waals surface area contributed by atoms with Gasteiger partial charge in [0.1, 0.15) is 5.76 Å². The fourth-order valence-corrected chi connectivity index (χ4v) is 2.56. The average molecular weight is 309 g/mol. The first-order chi connectivity index (χ1) is 8.63. The molecule has 1 heterocycles. The number of rotatable bonds is 3. The van der Waals surface area contributed by atoms with Crippen LogP contribution in [0.15, 0.2) is 39.4 Å². The number of benzene rings is 1. The van der Waals surface area contributed by atoms with E-state index in [1.54, 1.807) is 25.3 Å². The van der Waals surface area contributed by atoms with E-state index < -0.39 is 0 Å². The van der Waals surface area contributed by atoms with Crippen LogP contribution in [0.4, 0.5) is 0 Å². The summed E-state index contributed by atoms with van der Waals surface area (Å²) in [5, 5.41) is 0. The maximum Gasteiger partial charge on any atom is 0.338 e. The Bertz CT molecular complexity index is 535. The van der Waals surface area contributed by atoms with Gasteiger partial charge in [-0.15, -0.1) is 0 Å². The summed E-state index contributed by atoms with van der Waals surface area (Å²) >= 11 is 3.47. The van der Waals surface area contributed by atoms with Gasteiger partial charge >= 0.3 is 5.97 Å². The van der Waals surface area contributed by atoms with Crippen molar-refractivity contribution < 1.29 is 13.9 Å². The maximum absolute atomic E-state index is 11.7. The monoisotopic (exact) mass is 308 g/mol. The molecule has 0 atom stereocenters. The summed E-state index contributed by atoms with van der Waals surface area (Å²) in [4.78, 5) is 11.7. The van der Waals surface area contributed by atoms with E-state index in [1.807, 2.05) is 19.1 Å². The van der Waals surface area contributed by atoms with E-state index >= 15 is 0 Å². The van der Waals surface area contributed by atoms with Gasteiger partial charge in [-0.05, 0) is 43.7 Å². The van der Waals surface area contributed by atoms with Gasteiger partial charge in [-0.25, -0.2) is 4.79 Å². The summed E-state index contributed by atoms with van der Waals surface area (Å²) < 4.78 is 11.2. The molecular formula is C14H13BrO3. The van der Waals surface area contributed by atoms with Gasteiger partial charge in [-0.1, -0.05) is 15.9 Å². The molecule has 0 saturated carbocycles. The van der Waals surface area contributed by atoms with E-state index in [0.29, 0.717) is 12.2 Å². The number of aryl methyl sites for hydroxylation is 1. The van der Waals surface area contributed by atoms with E-state index in [-0.39, 0.29) is 5.97 Å². The van der Waals surface area contributed by atoms with Crippen LogP contribution in [-0.2, 0) is 4.74 Å². The minimum absolute atomic E-state index is 0.313. The highest BCUT2D eigenvalue weighted by Crippen LogP contribution is 2.33. The molecule has 0 spiro atoms. The van der Waals surface area contributed by atoms with Crippen molar-refractivity contribution in [3.63, 3.8) is 0 Å². The van der Waals surface area contributed by atoms with Gasteiger partial charge in [-0.2, -0.15) is 0 Å². The van der Waals surface area contributed by atoms with Crippen molar-refractivity contribution in [2.75, 3.05) is 6.61 Å². The fraction of sp³-hybridized carbons (Fsp3) is 0.214. The van der Waals surface area contributed by atoms with Gasteiger partial charge in [0.15, 0.2) is 0 Å². The third-order valence-electron chi connectivity index (χ3n) is 2.57. The molecular weight excluding hydrogens is 296 g/mol. The first-order valence-corrected chi connectivity index (χ1v) is 6.44. The predicted octanol–water partition coefficient (Wildman–Crippen LogP) is 4.19. The minimum Gasteiger partial charge on any atom is -0.464 e. The van der Waals surface area contributed by atoms with E-state index in [9.17, 15) is 4.79 Å². The second-order valence-corrected chi connectivity index (χ2v) is 4.70. The summed E-state index contributed by atoms with van der Waals surface area (Å²) in [5.41, 5.74) is 2.45. The van der Waals surface area contributed by atoms with Crippen molar-refractivity contribution in [1.29, 1.82) is 0 Å². The molecule has 94 valence electrons. The second kappa shape index (κ2) is 5.40. The average Bonchev–Trinajstić information content (AvgIpc) is 2.82. The summed E-state index contributed by atoms with van der Waals surface area (Å²) in [6.07, 6.45) is 1.63. The molecule has 0 aliphatic carbocycles. The zero-order valence-electron chi connectivity index (χ0n) is 10.2. The second-order valence-electron chi connectivity index (χ2n) is 3.85. The molecule has 0 saturated heterocycles. The molecule has 0 fully saturated rings. The van der Waals surface area contributed by atoms with E-state index in [1.165, 1.54) is 0 Å². The molecule has 1 aromatic carbocycles. The molecule has 0 N–H and O–H groups in total. The predicted molar refractivity (Wildman–Crippen MR) is 72.5 cm³/mol. The van der Waals surface area contributed by atoms with Crippen LogP contribution in [0.5, 0.6) is 0 Å². The van der Waals surface area contributed by atoms with Crippen LogP contribution < -0.4 is 0 Å². The zero-order valence-corrected chi connectivity index (χ0v) is 11.8. The highest BCUT2D eigenvalue weighted by Gasteiger charge is 2.14. The van der Waals surface area contributed by atoms with Gasteiger partial charge in [0.05, 0.1) is 18.4 Å². The smallest absolute Gasteiger partial charge is 0.338 e. The van der Waals surface area contributed by atoms with Crippen molar-refractivity contribution >= 4 is 21.9 Å². The third kappa shape index (κ3) is 2.48. The highest BCUT2D eigenvalue weighted by molar-refractivity contribution is 9.10. The first-order valence-electron chi connectivity index (χ1n) is 5.64. The van der Waals surface area contributed by atoms with Crippen LogP contribution in [0.25, 0.3) is 11.3 Å². The van der Waals surface area contributed by atoms with Crippen molar-refractivity contribution in [1.82, 2.24) is 0 Å². The molecule has 3 nitrogen and oxygen atoms in total. The Morgan fingerprint density at radius 2 is 2.22 bits per heavy atom. The zero-order chi connectivity index (χ0) is 13.1. The lowest BCUT2D eigenvalue weighted by Gasteiger charge is -2.09. The SMILES string of the molecule is CCOC(=O)c1cc(C)c(-c2ccco2)c(Br)c1. The molecule has 2 aromatic rings. The van der Waals surface area contributed by atoms with Crippen molar-refractivity contribution in [3.05, 3.63) is 46.1 Å². The Labute approximate surface area is 114 Å². The molecule has 0 amide bonds. The molecule has 0 radical (unpaired) electrons. The van der Waals surface area contributed by atoms with Gasteiger partial charge in [0.25, 0.3) is 0 Å². The molecule has 2 rings (SSSR count). The number of hydrogen-bond donors (Lipinski definition) is 0. The lowest BCUT2D eigenvalue weighted by molar-refractivity contribution is 0.0526. The molecule has 0 aliphatic rings. The van der Waals surface area contributed by atoms with Crippen LogP contribution in [0.3, 0.4) is 0 Å². The Balaban J connectivity index is 2.45. The summed E-state index contributed by atoms with van der Waals surface area (Å²) in [6, 6.07) is 7.28. The fourth-order valence-electron chi connectivity index (χ4n) is 1.81. The summed E-state index contributed by atoms with van der Waals surface area (Å²) in [5.74, 6) is 0.460. The Hall–Kier alpha value is -1.55. The topological polar surface area (TPSA) is 39.4 Å². The number of hydrogen-bond acceptors (Lipinski definition) is 3. The minimum atomic E-state index is -0.313. The lowest BCUT2D eigenvalue weighted by Crippen LogP contribution is -2.05. The van der Waals surface area contributed by atoms with E-state index in [0.717, 1.165) is 21.4 Å². The Kier molecular flexibility index (Phi) is 3.87. The van der Waals surface area contributed by atoms with Gasteiger partial charge in [-0.3, -0.25) is 0 Å². The summed E-state index contributed by atoms with van der Waals surface area (Å²) in [7, 11) is 0. The first kappa shape index (κ1) is 12.9. The normalized spacial score (nSPS) is 10.4. The number of ether oxygens (including phenoxy) is 1. The van der Waals surface area contributed by atoms with Crippen LogP contribution in [-0.4, -0.2) is 12.6 Å².